The van der Waals surface area contributed by atoms with Crippen LogP contribution in [0.15, 0.2) is 23.1 Å². The molecular formula is C13H21N3O3S. The van der Waals surface area contributed by atoms with Crippen LogP contribution in [0.1, 0.15) is 19.4 Å². The van der Waals surface area contributed by atoms with Crippen LogP contribution >= 0.6 is 0 Å². The van der Waals surface area contributed by atoms with E-state index < -0.39 is 15.1 Å². The first-order valence-electron chi connectivity index (χ1n) is 6.25. The molecule has 20 heavy (non-hydrogen) atoms. The predicted octanol–water partition coefficient (Wildman–Crippen LogP) is 1.42. The van der Waals surface area contributed by atoms with E-state index in [4.69, 9.17) is 5.73 Å². The van der Waals surface area contributed by atoms with Gasteiger partial charge in [-0.1, -0.05) is 0 Å². The summed E-state index contributed by atoms with van der Waals surface area (Å²) in [5, 5.41) is 2.14. The quantitative estimate of drug-likeness (QED) is 0.879. The molecule has 0 aliphatic rings. The Bertz CT molecular complexity index is 595. The second-order valence-electron chi connectivity index (χ2n) is 4.94. The molecule has 3 N–H and O–H groups in total. The number of carbonyl (C=O) groups excluding carboxylic acids is 1. The van der Waals surface area contributed by atoms with Crippen molar-refractivity contribution in [1.82, 2.24) is 4.90 Å². The minimum absolute atomic E-state index is 0.0902. The molecule has 7 heteroatoms. The van der Waals surface area contributed by atoms with Crippen molar-refractivity contribution >= 4 is 21.6 Å². The van der Waals surface area contributed by atoms with Gasteiger partial charge >= 0.3 is 6.03 Å². The van der Waals surface area contributed by atoms with E-state index in [0.29, 0.717) is 11.3 Å². The normalized spacial score (nSPS) is 11.5. The number of nitrogens with two attached hydrogens (primary N) is 1. The highest BCUT2D eigenvalue weighted by atomic mass is 32.2. The second-order valence-corrected chi connectivity index (χ2v) is 7.42. The molecule has 0 aliphatic heterocycles. The van der Waals surface area contributed by atoms with Gasteiger partial charge in [0.2, 0.25) is 0 Å². The molecule has 0 aliphatic carbocycles. The Kier molecular flexibility index (Phi) is 5.13. The third-order valence-corrected chi connectivity index (χ3v) is 5.12. The molecule has 0 saturated heterocycles. The van der Waals surface area contributed by atoms with Gasteiger partial charge in [-0.25, -0.2) is 13.2 Å². The van der Waals surface area contributed by atoms with Crippen molar-refractivity contribution in [2.45, 2.75) is 30.5 Å². The summed E-state index contributed by atoms with van der Waals surface area (Å²) in [6.45, 7) is 3.33. The van der Waals surface area contributed by atoms with Crippen molar-refractivity contribution in [2.75, 3.05) is 19.4 Å². The molecule has 0 radical (unpaired) electrons. The molecule has 0 saturated carbocycles. The van der Waals surface area contributed by atoms with Gasteiger partial charge in [-0.05, 0) is 37.6 Å². The Labute approximate surface area is 119 Å². The maximum atomic E-state index is 12.2. The molecule has 0 heterocycles. The maximum absolute atomic E-state index is 12.2. The van der Waals surface area contributed by atoms with Gasteiger partial charge in [0.1, 0.15) is 0 Å². The second kappa shape index (κ2) is 6.23. The number of anilines is 1. The van der Waals surface area contributed by atoms with Crippen molar-refractivity contribution in [3.8, 4) is 0 Å². The molecule has 1 aromatic rings. The van der Waals surface area contributed by atoms with Gasteiger partial charge in [-0.2, -0.15) is 0 Å². The van der Waals surface area contributed by atoms with Crippen molar-refractivity contribution in [3.63, 3.8) is 0 Å². The number of benzene rings is 1. The molecule has 2 amide bonds. The summed E-state index contributed by atoms with van der Waals surface area (Å²) in [6, 6.07) is 4.36. The first kappa shape index (κ1) is 16.5. The van der Waals surface area contributed by atoms with Crippen LogP contribution in [0.3, 0.4) is 0 Å². The molecule has 0 aromatic heterocycles. The van der Waals surface area contributed by atoms with Crippen LogP contribution in [-0.2, 0) is 16.4 Å². The SMILES string of the molecule is CC(C)S(=O)(=O)c1ccc(NC(=O)N(C)C)cc1CN. The molecule has 1 aromatic carbocycles. The number of urea groups is 1. The Morgan fingerprint density at radius 2 is 1.95 bits per heavy atom. The maximum Gasteiger partial charge on any atom is 0.321 e. The summed E-state index contributed by atoms with van der Waals surface area (Å²) >= 11 is 0. The number of nitrogens with zero attached hydrogens (tertiary/aromatic N) is 1. The Morgan fingerprint density at radius 1 is 1.35 bits per heavy atom. The van der Waals surface area contributed by atoms with Crippen molar-refractivity contribution in [3.05, 3.63) is 23.8 Å². The Balaban J connectivity index is 3.19. The van der Waals surface area contributed by atoms with E-state index in [1.807, 2.05) is 0 Å². The summed E-state index contributed by atoms with van der Waals surface area (Å²) in [4.78, 5) is 13.2. The zero-order chi connectivity index (χ0) is 15.5. The zero-order valence-corrected chi connectivity index (χ0v) is 13.0. The van der Waals surface area contributed by atoms with E-state index in [-0.39, 0.29) is 17.5 Å². The fourth-order valence-corrected chi connectivity index (χ4v) is 2.86. The van der Waals surface area contributed by atoms with Crippen LogP contribution in [0.5, 0.6) is 0 Å². The predicted molar refractivity (Wildman–Crippen MR) is 79.4 cm³/mol. The summed E-state index contributed by atoms with van der Waals surface area (Å²) in [5.74, 6) is 0. The highest BCUT2D eigenvalue weighted by Crippen LogP contribution is 2.23. The highest BCUT2D eigenvalue weighted by molar-refractivity contribution is 7.92. The van der Waals surface area contributed by atoms with Crippen molar-refractivity contribution in [1.29, 1.82) is 0 Å². The third-order valence-electron chi connectivity index (χ3n) is 2.86. The van der Waals surface area contributed by atoms with Crippen molar-refractivity contribution in [2.24, 2.45) is 5.73 Å². The number of amides is 2. The third kappa shape index (κ3) is 3.49. The summed E-state index contributed by atoms with van der Waals surface area (Å²) in [7, 11) is -0.141. The fourth-order valence-electron chi connectivity index (χ4n) is 1.58. The Morgan fingerprint density at radius 3 is 2.40 bits per heavy atom. The van der Waals surface area contributed by atoms with Crippen LogP contribution in [0.25, 0.3) is 0 Å². The molecule has 0 fully saturated rings. The van der Waals surface area contributed by atoms with E-state index in [0.717, 1.165) is 0 Å². The number of sulfone groups is 1. The molecule has 1 rings (SSSR count). The number of rotatable bonds is 4. The summed E-state index contributed by atoms with van der Waals surface area (Å²) in [5.41, 5.74) is 6.64. The fraction of sp³-hybridized carbons (Fsp3) is 0.462. The van der Waals surface area contributed by atoms with Crippen molar-refractivity contribution < 1.29 is 13.2 Å². The number of hydrogen-bond donors (Lipinski definition) is 2. The molecular weight excluding hydrogens is 278 g/mol. The van der Waals surface area contributed by atoms with E-state index in [1.54, 1.807) is 40.1 Å². The standard InChI is InChI=1S/C13H21N3O3S/c1-9(2)20(18,19)12-6-5-11(7-10(12)8-14)15-13(17)16(3)4/h5-7,9H,8,14H2,1-4H3,(H,15,17). The van der Waals surface area contributed by atoms with Crippen LogP contribution in [0, 0.1) is 0 Å². The summed E-state index contributed by atoms with van der Waals surface area (Å²) in [6.07, 6.45) is 0. The van der Waals surface area contributed by atoms with Gasteiger partial charge in [0.15, 0.2) is 9.84 Å². The highest BCUT2D eigenvalue weighted by Gasteiger charge is 2.22. The first-order valence-corrected chi connectivity index (χ1v) is 7.80. The topological polar surface area (TPSA) is 92.5 Å². The molecule has 6 nitrogen and oxygen atoms in total. The van der Waals surface area contributed by atoms with Gasteiger partial charge in [0.25, 0.3) is 0 Å². The molecule has 112 valence electrons. The van der Waals surface area contributed by atoms with Crippen LogP contribution < -0.4 is 11.1 Å². The molecule has 0 spiro atoms. The van der Waals surface area contributed by atoms with E-state index in [2.05, 4.69) is 5.32 Å². The van der Waals surface area contributed by atoms with Crippen LogP contribution in [-0.4, -0.2) is 38.7 Å². The van der Waals surface area contributed by atoms with E-state index in [1.165, 1.54) is 11.0 Å². The number of carbonyl (C=O) groups is 1. The van der Waals surface area contributed by atoms with Crippen LogP contribution in [0.4, 0.5) is 10.5 Å². The Hall–Kier alpha value is -1.60. The first-order chi connectivity index (χ1) is 9.20. The van der Waals surface area contributed by atoms with Gasteiger partial charge < -0.3 is 16.0 Å². The molecule has 0 atom stereocenters. The lowest BCUT2D eigenvalue weighted by molar-refractivity contribution is 0.230. The lowest BCUT2D eigenvalue weighted by Crippen LogP contribution is -2.27. The van der Waals surface area contributed by atoms with Gasteiger partial charge in [0, 0.05) is 26.3 Å². The zero-order valence-electron chi connectivity index (χ0n) is 12.2. The smallest absolute Gasteiger partial charge is 0.321 e. The largest absolute Gasteiger partial charge is 0.331 e. The monoisotopic (exact) mass is 299 g/mol. The average Bonchev–Trinajstić information content (AvgIpc) is 2.37. The number of nitrogens with one attached hydrogen (secondary N) is 1. The van der Waals surface area contributed by atoms with E-state index >= 15 is 0 Å². The minimum Gasteiger partial charge on any atom is -0.331 e. The van der Waals surface area contributed by atoms with Gasteiger partial charge in [-0.15, -0.1) is 0 Å². The molecule has 0 bridgehead atoms. The lowest BCUT2D eigenvalue weighted by atomic mass is 10.2. The van der Waals surface area contributed by atoms with Gasteiger partial charge in [0.05, 0.1) is 10.1 Å². The average molecular weight is 299 g/mol. The lowest BCUT2D eigenvalue weighted by Gasteiger charge is -2.15. The van der Waals surface area contributed by atoms with Crippen LogP contribution in [0.2, 0.25) is 0 Å². The minimum atomic E-state index is -3.38. The molecule has 0 unspecified atom stereocenters. The van der Waals surface area contributed by atoms with Gasteiger partial charge in [-0.3, -0.25) is 0 Å². The number of hydrogen-bond acceptors (Lipinski definition) is 4. The van der Waals surface area contributed by atoms with E-state index in [9.17, 15) is 13.2 Å². The summed E-state index contributed by atoms with van der Waals surface area (Å²) < 4.78 is 24.4.